The first-order valence-corrected chi connectivity index (χ1v) is 4.70. The number of hydrogen-bond donors (Lipinski definition) is 0. The van der Waals surface area contributed by atoms with Gasteiger partial charge >= 0.3 is 0 Å². The molecule has 0 aromatic rings. The van der Waals surface area contributed by atoms with Crippen LogP contribution in [0, 0.1) is 0 Å². The lowest BCUT2D eigenvalue weighted by Gasteiger charge is -2.11. The second-order valence-electron chi connectivity index (χ2n) is 3.35. The van der Waals surface area contributed by atoms with E-state index in [1.807, 2.05) is 36.5 Å². The van der Waals surface area contributed by atoms with Gasteiger partial charge in [0, 0.05) is 19.4 Å². The summed E-state index contributed by atoms with van der Waals surface area (Å²) in [4.78, 5) is 2.03. The predicted molar refractivity (Wildman–Crippen MR) is 60.5 cm³/mol. The van der Waals surface area contributed by atoms with Crippen LogP contribution in [-0.4, -0.2) is 11.9 Å². The summed E-state index contributed by atoms with van der Waals surface area (Å²) in [6.07, 6.45) is 20.8. The Morgan fingerprint density at radius 3 is 1.93 bits per heavy atom. The second kappa shape index (κ2) is 3.97. The molecule has 2 aliphatic rings. The summed E-state index contributed by atoms with van der Waals surface area (Å²) in [6.45, 7) is 0. The molecule has 0 aromatic heterocycles. The molecular formula is C13H13N. The van der Waals surface area contributed by atoms with E-state index in [0.717, 1.165) is 0 Å². The molecule has 2 rings (SSSR count). The van der Waals surface area contributed by atoms with Gasteiger partial charge in [-0.3, -0.25) is 0 Å². The lowest BCUT2D eigenvalue weighted by molar-refractivity contribution is 0.620. The van der Waals surface area contributed by atoms with Crippen molar-refractivity contribution < 1.29 is 0 Å². The standard InChI is InChI=1S/C13H13N/c1-14-10-8-13(9-11-14)7-6-12-4-2-3-5-12/h2-11H,1H3. The Hall–Kier alpha value is -1.76. The fourth-order valence-electron chi connectivity index (χ4n) is 1.32. The van der Waals surface area contributed by atoms with Crippen LogP contribution in [0.25, 0.3) is 0 Å². The van der Waals surface area contributed by atoms with Crippen LogP contribution in [0.5, 0.6) is 0 Å². The third-order valence-electron chi connectivity index (χ3n) is 2.16. The molecular weight excluding hydrogens is 170 g/mol. The van der Waals surface area contributed by atoms with E-state index in [9.17, 15) is 0 Å². The molecule has 1 heteroatoms. The number of hydrogen-bond acceptors (Lipinski definition) is 1. The van der Waals surface area contributed by atoms with E-state index in [1.165, 1.54) is 11.1 Å². The highest BCUT2D eigenvalue weighted by molar-refractivity contribution is 5.45. The molecule has 1 nitrogen and oxygen atoms in total. The average Bonchev–Trinajstić information content (AvgIpc) is 2.70. The molecule has 0 fully saturated rings. The molecule has 0 aromatic carbocycles. The molecule has 0 N–H and O–H groups in total. The van der Waals surface area contributed by atoms with Gasteiger partial charge in [0.15, 0.2) is 0 Å². The molecule has 70 valence electrons. The minimum absolute atomic E-state index is 1.23. The van der Waals surface area contributed by atoms with Crippen molar-refractivity contribution in [3.63, 3.8) is 0 Å². The second-order valence-corrected chi connectivity index (χ2v) is 3.35. The highest BCUT2D eigenvalue weighted by Crippen LogP contribution is 2.11. The summed E-state index contributed by atoms with van der Waals surface area (Å²) in [5.74, 6) is 0. The van der Waals surface area contributed by atoms with E-state index in [1.54, 1.807) is 0 Å². The largest absolute Gasteiger partial charge is 0.357 e. The summed E-state index contributed by atoms with van der Waals surface area (Å²) in [7, 11) is 2.02. The van der Waals surface area contributed by atoms with Crippen molar-refractivity contribution in [2.75, 3.05) is 7.05 Å². The van der Waals surface area contributed by atoms with Crippen LogP contribution in [-0.2, 0) is 0 Å². The fourth-order valence-corrected chi connectivity index (χ4v) is 1.32. The highest BCUT2D eigenvalue weighted by atomic mass is 15.0. The summed E-state index contributed by atoms with van der Waals surface area (Å²) in [6, 6.07) is 0. The molecule has 0 saturated carbocycles. The van der Waals surface area contributed by atoms with E-state index in [-0.39, 0.29) is 0 Å². The Bertz CT molecular complexity index is 359. The third-order valence-corrected chi connectivity index (χ3v) is 2.16. The highest BCUT2D eigenvalue weighted by Gasteiger charge is 1.94. The normalized spacial score (nSPS) is 18.2. The van der Waals surface area contributed by atoms with Gasteiger partial charge in [-0.1, -0.05) is 36.5 Å². The van der Waals surface area contributed by atoms with E-state index in [4.69, 9.17) is 0 Å². The Morgan fingerprint density at radius 1 is 0.857 bits per heavy atom. The van der Waals surface area contributed by atoms with Gasteiger partial charge in [-0.2, -0.15) is 0 Å². The first-order chi connectivity index (χ1) is 6.84. The lowest BCUT2D eigenvalue weighted by Crippen LogP contribution is -2.02. The van der Waals surface area contributed by atoms with Gasteiger partial charge in [0.25, 0.3) is 0 Å². The van der Waals surface area contributed by atoms with E-state index in [0.29, 0.717) is 0 Å². The maximum Gasteiger partial charge on any atom is 0.0106 e. The van der Waals surface area contributed by atoms with Crippen LogP contribution in [0.2, 0.25) is 0 Å². The molecule has 0 unspecified atom stereocenters. The molecule has 0 saturated heterocycles. The van der Waals surface area contributed by atoms with Gasteiger partial charge < -0.3 is 4.90 Å². The van der Waals surface area contributed by atoms with Crippen LogP contribution in [0.15, 0.2) is 72.2 Å². The van der Waals surface area contributed by atoms with Gasteiger partial charge in [-0.05, 0) is 23.3 Å². The van der Waals surface area contributed by atoms with Crippen molar-refractivity contribution >= 4 is 0 Å². The number of allylic oxidation sites excluding steroid dienone is 10. The zero-order chi connectivity index (χ0) is 9.80. The maximum atomic E-state index is 2.12. The van der Waals surface area contributed by atoms with Crippen molar-refractivity contribution in [1.82, 2.24) is 4.90 Å². The SMILES string of the molecule is CN1C=CC(=CC=C2C=CC=C2)C=C1. The monoisotopic (exact) mass is 183 g/mol. The van der Waals surface area contributed by atoms with Gasteiger partial charge in [0.1, 0.15) is 0 Å². The van der Waals surface area contributed by atoms with Crippen molar-refractivity contribution in [1.29, 1.82) is 0 Å². The Kier molecular flexibility index (Phi) is 2.50. The van der Waals surface area contributed by atoms with Gasteiger partial charge in [0.2, 0.25) is 0 Å². The van der Waals surface area contributed by atoms with Gasteiger partial charge in [-0.15, -0.1) is 0 Å². The van der Waals surface area contributed by atoms with Crippen LogP contribution in [0.1, 0.15) is 0 Å². The van der Waals surface area contributed by atoms with Crippen LogP contribution in [0.4, 0.5) is 0 Å². The third kappa shape index (κ3) is 2.13. The lowest BCUT2D eigenvalue weighted by atomic mass is 10.1. The molecule has 0 spiro atoms. The molecule has 0 atom stereocenters. The van der Waals surface area contributed by atoms with E-state index < -0.39 is 0 Å². The van der Waals surface area contributed by atoms with E-state index in [2.05, 4.69) is 36.5 Å². The molecule has 1 heterocycles. The van der Waals surface area contributed by atoms with Crippen LogP contribution in [0.3, 0.4) is 0 Å². The van der Waals surface area contributed by atoms with Gasteiger partial charge in [0.05, 0.1) is 0 Å². The summed E-state index contributed by atoms with van der Waals surface area (Å²) in [5.41, 5.74) is 2.47. The van der Waals surface area contributed by atoms with Crippen molar-refractivity contribution in [2.24, 2.45) is 0 Å². The summed E-state index contributed by atoms with van der Waals surface area (Å²) < 4.78 is 0. The first-order valence-electron chi connectivity index (χ1n) is 4.70. The number of rotatable bonds is 1. The van der Waals surface area contributed by atoms with E-state index >= 15 is 0 Å². The molecule has 0 amide bonds. The molecule has 14 heavy (non-hydrogen) atoms. The molecule has 0 bridgehead atoms. The quantitative estimate of drug-likeness (QED) is 0.604. The smallest absolute Gasteiger partial charge is 0.0106 e. The molecule has 1 aliphatic carbocycles. The Balaban J connectivity index is 2.09. The zero-order valence-corrected chi connectivity index (χ0v) is 8.22. The van der Waals surface area contributed by atoms with Crippen molar-refractivity contribution in [3.05, 3.63) is 72.2 Å². The fraction of sp³-hybridized carbons (Fsp3) is 0.0769. The minimum atomic E-state index is 1.23. The average molecular weight is 183 g/mol. The molecule has 1 aliphatic heterocycles. The van der Waals surface area contributed by atoms with Crippen LogP contribution < -0.4 is 0 Å². The number of nitrogens with zero attached hydrogens (tertiary/aromatic N) is 1. The van der Waals surface area contributed by atoms with Crippen LogP contribution >= 0.6 is 0 Å². The minimum Gasteiger partial charge on any atom is -0.357 e. The predicted octanol–water partition coefficient (Wildman–Crippen LogP) is 2.94. The first kappa shape index (κ1) is 8.82. The maximum absolute atomic E-state index is 2.12. The van der Waals surface area contributed by atoms with Gasteiger partial charge in [-0.25, -0.2) is 0 Å². The molecule has 0 radical (unpaired) electrons. The zero-order valence-electron chi connectivity index (χ0n) is 8.22. The Morgan fingerprint density at radius 2 is 1.36 bits per heavy atom. The Labute approximate surface area is 84.7 Å². The summed E-state index contributed by atoms with van der Waals surface area (Å²) in [5, 5.41) is 0. The topological polar surface area (TPSA) is 3.24 Å². The van der Waals surface area contributed by atoms with Crippen molar-refractivity contribution in [3.8, 4) is 0 Å². The summed E-state index contributed by atoms with van der Waals surface area (Å²) >= 11 is 0. The van der Waals surface area contributed by atoms with Crippen molar-refractivity contribution in [2.45, 2.75) is 0 Å².